The molecular weight excluding hydrogens is 495 g/mol. The summed E-state index contributed by atoms with van der Waals surface area (Å²) < 4.78 is 13.8. The average Bonchev–Trinajstić information content (AvgIpc) is 3.31. The van der Waals surface area contributed by atoms with Crippen molar-refractivity contribution in [2.75, 3.05) is 12.4 Å². The minimum atomic E-state index is -0.509. The molecule has 170 valence electrons. The van der Waals surface area contributed by atoms with E-state index in [0.717, 1.165) is 33.7 Å². The largest absolute Gasteiger partial charge is 0.497 e. The summed E-state index contributed by atoms with van der Waals surface area (Å²) >= 11 is 19.3. The molecule has 0 saturated carbocycles. The fourth-order valence-corrected chi connectivity index (χ4v) is 5.20. The lowest BCUT2D eigenvalue weighted by atomic mass is 9.84. The summed E-state index contributed by atoms with van der Waals surface area (Å²) in [6.45, 7) is 0. The number of benzene rings is 3. The summed E-state index contributed by atoms with van der Waals surface area (Å²) in [6.07, 6.45) is 1.02. The van der Waals surface area contributed by atoms with Crippen LogP contribution in [-0.4, -0.2) is 21.9 Å². The summed E-state index contributed by atoms with van der Waals surface area (Å²) in [6, 6.07) is 18.5. The van der Waals surface area contributed by atoms with Crippen LogP contribution in [0.5, 0.6) is 11.5 Å². The standard InChI is InChI=1S/C25H17Cl3N4O2/c1-33-16-6-2-13(3-7-16)23-21-22(31-25-29-12-30-32(23)25)18-10-14(26)5-9-20(18)34-24(21)17-8-4-15(27)11-19(17)28/h2-12,23-24H,1H3,(H,29,30,31)/t23-,24+/m1/s1. The predicted molar refractivity (Wildman–Crippen MR) is 133 cm³/mol. The second kappa shape index (κ2) is 8.24. The van der Waals surface area contributed by atoms with Gasteiger partial charge in [-0.25, -0.2) is 4.68 Å². The van der Waals surface area contributed by atoms with Crippen LogP contribution in [0.3, 0.4) is 0 Å². The molecule has 2 atom stereocenters. The summed E-state index contributed by atoms with van der Waals surface area (Å²) in [5.74, 6) is 2.07. The smallest absolute Gasteiger partial charge is 0.226 e. The van der Waals surface area contributed by atoms with E-state index in [-0.39, 0.29) is 6.04 Å². The van der Waals surface area contributed by atoms with Crippen LogP contribution < -0.4 is 14.8 Å². The second-order valence-electron chi connectivity index (χ2n) is 7.96. The monoisotopic (exact) mass is 510 g/mol. The number of aromatic nitrogens is 3. The molecule has 0 aliphatic carbocycles. The van der Waals surface area contributed by atoms with Gasteiger partial charge in [0, 0.05) is 31.8 Å². The number of hydrogen-bond donors (Lipinski definition) is 1. The molecule has 9 heteroatoms. The van der Waals surface area contributed by atoms with Gasteiger partial charge in [-0.05, 0) is 48.0 Å². The van der Waals surface area contributed by atoms with Crippen molar-refractivity contribution < 1.29 is 9.47 Å². The lowest BCUT2D eigenvalue weighted by molar-refractivity contribution is 0.223. The zero-order chi connectivity index (χ0) is 23.4. The molecule has 0 unspecified atom stereocenters. The maximum absolute atomic E-state index is 6.68. The number of nitrogens with zero attached hydrogens (tertiary/aromatic N) is 3. The Morgan fingerprint density at radius 1 is 0.971 bits per heavy atom. The van der Waals surface area contributed by atoms with E-state index in [4.69, 9.17) is 44.3 Å². The fourth-order valence-electron chi connectivity index (χ4n) is 4.52. The topological polar surface area (TPSA) is 61.2 Å². The lowest BCUT2D eigenvalue weighted by Crippen LogP contribution is -2.32. The van der Waals surface area contributed by atoms with Gasteiger partial charge in [-0.1, -0.05) is 53.0 Å². The van der Waals surface area contributed by atoms with Gasteiger partial charge in [0.1, 0.15) is 23.9 Å². The molecule has 0 spiro atoms. The van der Waals surface area contributed by atoms with Crippen molar-refractivity contribution in [1.82, 2.24) is 14.8 Å². The molecule has 1 aromatic heterocycles. The Morgan fingerprint density at radius 3 is 2.50 bits per heavy atom. The molecule has 2 aliphatic rings. The molecule has 0 radical (unpaired) electrons. The first-order chi connectivity index (χ1) is 16.5. The Labute approximate surface area is 210 Å². The van der Waals surface area contributed by atoms with Gasteiger partial charge in [0.25, 0.3) is 0 Å². The van der Waals surface area contributed by atoms with Crippen molar-refractivity contribution in [1.29, 1.82) is 0 Å². The van der Waals surface area contributed by atoms with Crippen LogP contribution in [0, 0.1) is 0 Å². The molecule has 4 aromatic rings. The van der Waals surface area contributed by atoms with Gasteiger partial charge in [-0.15, -0.1) is 0 Å². The number of nitrogens with one attached hydrogen (secondary N) is 1. The zero-order valence-corrected chi connectivity index (χ0v) is 20.1. The van der Waals surface area contributed by atoms with Gasteiger partial charge in [-0.2, -0.15) is 10.1 Å². The van der Waals surface area contributed by atoms with E-state index in [1.165, 1.54) is 6.33 Å². The summed E-state index contributed by atoms with van der Waals surface area (Å²) in [5, 5.41) is 9.65. The van der Waals surface area contributed by atoms with Crippen molar-refractivity contribution in [3.05, 3.63) is 104 Å². The van der Waals surface area contributed by atoms with Crippen molar-refractivity contribution in [3.63, 3.8) is 0 Å². The molecular formula is C25H17Cl3N4O2. The first kappa shape index (κ1) is 21.4. The van der Waals surface area contributed by atoms with Crippen LogP contribution in [0.25, 0.3) is 5.70 Å². The van der Waals surface area contributed by atoms with Gasteiger partial charge in [0.15, 0.2) is 6.10 Å². The van der Waals surface area contributed by atoms with Crippen LogP contribution in [-0.2, 0) is 0 Å². The molecule has 0 bridgehead atoms. The zero-order valence-electron chi connectivity index (χ0n) is 17.8. The van der Waals surface area contributed by atoms with Crippen molar-refractivity contribution in [3.8, 4) is 11.5 Å². The van der Waals surface area contributed by atoms with Gasteiger partial charge >= 0.3 is 0 Å². The molecule has 1 N–H and O–H groups in total. The summed E-state index contributed by atoms with van der Waals surface area (Å²) in [5.41, 5.74) is 4.42. The number of methoxy groups -OCH3 is 1. The van der Waals surface area contributed by atoms with Crippen LogP contribution in [0.4, 0.5) is 5.95 Å². The number of rotatable bonds is 3. The minimum Gasteiger partial charge on any atom is -0.497 e. The van der Waals surface area contributed by atoms with Crippen LogP contribution in [0.1, 0.15) is 28.8 Å². The van der Waals surface area contributed by atoms with E-state index in [1.54, 1.807) is 19.2 Å². The van der Waals surface area contributed by atoms with Gasteiger partial charge in [-0.3, -0.25) is 0 Å². The van der Waals surface area contributed by atoms with Crippen LogP contribution in [0.15, 0.2) is 72.6 Å². The number of anilines is 1. The SMILES string of the molecule is COc1ccc([C@@H]2C3=C(Nc4ncnn42)c2cc(Cl)ccc2O[C@H]3c2ccc(Cl)cc2Cl)cc1. The molecule has 3 aromatic carbocycles. The highest BCUT2D eigenvalue weighted by Gasteiger charge is 2.41. The molecule has 0 amide bonds. The molecule has 2 aliphatic heterocycles. The summed E-state index contributed by atoms with van der Waals surface area (Å²) in [4.78, 5) is 4.44. The fraction of sp³-hybridized carbons (Fsp3) is 0.120. The molecule has 6 nitrogen and oxygen atoms in total. The molecule has 0 fully saturated rings. The van der Waals surface area contributed by atoms with Gasteiger partial charge in [0.05, 0.1) is 12.8 Å². The minimum absolute atomic E-state index is 0.316. The summed E-state index contributed by atoms with van der Waals surface area (Å²) in [7, 11) is 1.64. The maximum atomic E-state index is 6.68. The number of hydrogen-bond acceptors (Lipinski definition) is 5. The Bertz CT molecular complexity index is 1450. The van der Waals surface area contributed by atoms with Crippen molar-refractivity contribution in [2.24, 2.45) is 0 Å². The highest BCUT2D eigenvalue weighted by molar-refractivity contribution is 6.35. The Kier molecular flexibility index (Phi) is 5.17. The third kappa shape index (κ3) is 3.41. The van der Waals surface area contributed by atoms with Crippen molar-refractivity contribution >= 4 is 46.4 Å². The first-order valence-electron chi connectivity index (χ1n) is 10.5. The number of halogens is 3. The van der Waals surface area contributed by atoms with E-state index < -0.39 is 6.10 Å². The maximum Gasteiger partial charge on any atom is 0.226 e. The molecule has 0 saturated heterocycles. The highest BCUT2D eigenvalue weighted by atomic mass is 35.5. The second-order valence-corrected chi connectivity index (χ2v) is 9.24. The van der Waals surface area contributed by atoms with E-state index >= 15 is 0 Å². The number of fused-ring (bicyclic) bond motifs is 3. The van der Waals surface area contributed by atoms with Crippen LogP contribution in [0.2, 0.25) is 15.1 Å². The van der Waals surface area contributed by atoms with E-state index in [0.29, 0.717) is 26.8 Å². The Hall–Kier alpha value is -3.19. The molecule has 34 heavy (non-hydrogen) atoms. The highest BCUT2D eigenvalue weighted by Crippen LogP contribution is 2.52. The lowest BCUT2D eigenvalue weighted by Gasteiger charge is -2.39. The third-order valence-electron chi connectivity index (χ3n) is 6.05. The quantitative estimate of drug-likeness (QED) is 0.327. The first-order valence-corrected chi connectivity index (χ1v) is 11.6. The van der Waals surface area contributed by atoms with Crippen molar-refractivity contribution in [2.45, 2.75) is 12.1 Å². The van der Waals surface area contributed by atoms with Gasteiger partial charge in [0.2, 0.25) is 5.95 Å². The van der Waals surface area contributed by atoms with Gasteiger partial charge < -0.3 is 14.8 Å². The van der Waals surface area contributed by atoms with Crippen LogP contribution >= 0.6 is 34.8 Å². The normalized spacial score (nSPS) is 18.4. The van der Waals surface area contributed by atoms with E-state index in [2.05, 4.69) is 15.4 Å². The van der Waals surface area contributed by atoms with E-state index in [9.17, 15) is 0 Å². The predicted octanol–water partition coefficient (Wildman–Crippen LogP) is 6.81. The average molecular weight is 512 g/mol. The molecule has 3 heterocycles. The Balaban J connectivity index is 1.63. The Morgan fingerprint density at radius 2 is 1.74 bits per heavy atom. The number of ether oxygens (including phenoxy) is 2. The molecule has 6 rings (SSSR count). The van der Waals surface area contributed by atoms with E-state index in [1.807, 2.05) is 53.2 Å². The third-order valence-corrected chi connectivity index (χ3v) is 6.85.